The average Bonchev–Trinajstić information content (AvgIpc) is 1.16. The number of hydrogen-bond donors (Lipinski definition) is 0. The monoisotopic (exact) mass is 1290 g/mol. The number of hydrogen-bond acceptors (Lipinski definition) is 2. The molecule has 0 atom stereocenters. The van der Waals surface area contributed by atoms with Gasteiger partial charge in [0.1, 0.15) is 5.82 Å². The predicted octanol–water partition coefficient (Wildman–Crippen LogP) is 19.8. The van der Waals surface area contributed by atoms with Crippen LogP contribution in [0.15, 0.2) is 236 Å². The Hall–Kier alpha value is -8.89. The summed E-state index contributed by atoms with van der Waals surface area (Å²) in [6.45, 7) is 18.5. The van der Waals surface area contributed by atoms with Crippen LogP contribution in [0, 0.1) is 18.5 Å². The Balaban J connectivity index is 0.00000982. The number of para-hydroxylation sites is 1. The minimum absolute atomic E-state index is 0. The van der Waals surface area contributed by atoms with E-state index in [-0.39, 0.29) is 60.2 Å². The van der Waals surface area contributed by atoms with Gasteiger partial charge in [0.05, 0.1) is 41.4 Å². The number of benzene rings is 10. The van der Waals surface area contributed by atoms with Crippen molar-refractivity contribution < 1.29 is 55.0 Å². The number of imidazole rings is 1. The van der Waals surface area contributed by atoms with Gasteiger partial charge in [0, 0.05) is 44.3 Å². The molecule has 0 bridgehead atoms. The van der Waals surface area contributed by atoms with Gasteiger partial charge in [-0.25, -0.2) is 4.98 Å². The number of rotatable bonds is 10. The largest absolute Gasteiger partial charge is 0.510 e. The molecule has 0 saturated carbocycles. The van der Waals surface area contributed by atoms with Crippen molar-refractivity contribution in [3.05, 3.63) is 271 Å². The van der Waals surface area contributed by atoms with Gasteiger partial charge < -0.3 is 13.9 Å². The van der Waals surface area contributed by atoms with Crippen LogP contribution < -0.4 is 9.30 Å². The van der Waals surface area contributed by atoms with Crippen LogP contribution in [-0.4, -0.2) is 14.1 Å². The van der Waals surface area contributed by atoms with Gasteiger partial charge in [-0.3, -0.25) is 4.57 Å². The van der Waals surface area contributed by atoms with Crippen molar-refractivity contribution in [2.45, 2.75) is 78.6 Å². The van der Waals surface area contributed by atoms with Crippen molar-refractivity contribution in [2.75, 3.05) is 0 Å². The average molecular weight is 1290 g/mol. The molecule has 3 aromatic heterocycles. The van der Waals surface area contributed by atoms with Crippen LogP contribution in [0.5, 0.6) is 11.5 Å². The fourth-order valence-electron chi connectivity index (χ4n) is 10.4. The molecule has 10 aromatic carbocycles. The van der Waals surface area contributed by atoms with Gasteiger partial charge in [-0.15, -0.1) is 29.7 Å². The Bertz CT molecular complexity index is 5520. The van der Waals surface area contributed by atoms with E-state index in [1.54, 1.807) is 57.8 Å². The van der Waals surface area contributed by atoms with Crippen LogP contribution in [0.3, 0.4) is 0 Å². The number of pyridine rings is 1. The van der Waals surface area contributed by atoms with Crippen LogP contribution in [0.4, 0.5) is 0 Å². The quantitative estimate of drug-likeness (QED) is 0.101. The summed E-state index contributed by atoms with van der Waals surface area (Å²) in [4.78, 5) is 4.85. The Morgan fingerprint density at radius 1 is 0.464 bits per heavy atom. The number of fused-ring (bicyclic) bond motifs is 4. The molecule has 0 aliphatic rings. The SMILES string of the molecule is [2H]c1c([2H])c([2H])c(-c2ccc3c(c2)n(-c2[c-]c(Oc4[c-]c5c(cc4)c4ccccc4n5-c4cc(C(C)(C)C)ccn4)ccc2)[c-][n+]3-c2c(-c3cccc(C(C)(C)C)c3)cc(C(C)(C)C)cc2-c2c([2H])c(-c3c([2H])c([2H])c([2H])c([2H])c3[2H])c([2H])c(-c3c([2H])c([2H])c([2H])c([2H])c3[2H])c2[2H])c([2H])c1[2H].[Pt]. The second kappa shape index (κ2) is 22.0. The van der Waals surface area contributed by atoms with E-state index in [1.807, 2.05) is 93.6 Å². The van der Waals surface area contributed by atoms with Crippen LogP contribution >= 0.6 is 0 Å². The standard InChI is InChI=1S/C78H66N4O.Pt/c1-76(2,3)60-30-21-29-56(44-60)68-46-62(78(7,8)9)47-69(59-42-57(53-25-15-11-16-26-53)41-58(43-59)54-27-17-12-18-28-54)75(68)81-51-80(73-45-55(35-38-71(73)81)52-23-13-10-14-24-52)63-31-22-32-64(49-63)83-65-36-37-67-66-33-19-20-34-70(66)82(72(67)50-65)74-48-61(39-40-79-74)77(4,5)6;/h10-48H,1-9H3;/q-2;/i10D,11D,12D,13D,14D,15D,16D,17D,18D,23D,24D,25D,26D,27D,28D,41D,42D,43D;. The summed E-state index contributed by atoms with van der Waals surface area (Å²) < 4.78 is 178. The summed E-state index contributed by atoms with van der Waals surface area (Å²) >= 11 is 0. The van der Waals surface area contributed by atoms with Crippen molar-refractivity contribution in [2.24, 2.45) is 0 Å². The topological polar surface area (TPSA) is 35.9 Å². The molecule has 3 heterocycles. The van der Waals surface area contributed by atoms with E-state index in [1.165, 1.54) is 0 Å². The zero-order valence-electron chi connectivity index (χ0n) is 65.6. The molecule has 0 aliphatic carbocycles. The van der Waals surface area contributed by atoms with Crippen LogP contribution in [0.1, 0.15) is 104 Å². The molecule has 0 amide bonds. The molecule has 0 unspecified atom stereocenters. The van der Waals surface area contributed by atoms with Crippen molar-refractivity contribution >= 4 is 32.8 Å². The third kappa shape index (κ3) is 10.7. The maximum Gasteiger partial charge on any atom is 0.268 e. The van der Waals surface area contributed by atoms with E-state index < -0.39 is 142 Å². The Kier molecular flexibility index (Phi) is 9.98. The van der Waals surface area contributed by atoms with E-state index >= 15 is 0 Å². The van der Waals surface area contributed by atoms with Crippen LogP contribution in [0.2, 0.25) is 0 Å². The molecule has 0 fully saturated rings. The second-order valence-corrected chi connectivity index (χ2v) is 23.6. The van der Waals surface area contributed by atoms with Crippen LogP contribution in [-0.2, 0) is 37.3 Å². The minimum Gasteiger partial charge on any atom is -0.510 e. The molecular formula is C78H66N4OPt-2. The fraction of sp³-hybridized carbons (Fsp3) is 0.154. The molecule has 13 aromatic rings. The molecule has 0 saturated heterocycles. The van der Waals surface area contributed by atoms with E-state index in [4.69, 9.17) is 22.1 Å². The summed E-state index contributed by atoms with van der Waals surface area (Å²) in [7, 11) is 0. The van der Waals surface area contributed by atoms with E-state index in [0.29, 0.717) is 50.5 Å². The Labute approximate surface area is 534 Å². The summed E-state index contributed by atoms with van der Waals surface area (Å²) in [5.41, 5.74) is 2.56. The molecule has 13 rings (SSSR count). The molecule has 84 heavy (non-hydrogen) atoms. The number of nitrogens with zero attached hydrogens (tertiary/aromatic N) is 4. The third-order valence-corrected chi connectivity index (χ3v) is 14.8. The van der Waals surface area contributed by atoms with Gasteiger partial charge in [-0.2, -0.15) is 18.2 Å². The Morgan fingerprint density at radius 2 is 1.05 bits per heavy atom. The molecule has 0 N–H and O–H groups in total. The van der Waals surface area contributed by atoms with Crippen molar-refractivity contribution in [1.29, 1.82) is 0 Å². The van der Waals surface area contributed by atoms with E-state index in [2.05, 4.69) is 70.6 Å². The Morgan fingerprint density at radius 3 is 1.70 bits per heavy atom. The molecule has 0 radical (unpaired) electrons. The molecular weight excluding hydrogens is 1200 g/mol. The maximum atomic E-state index is 10.5. The summed E-state index contributed by atoms with van der Waals surface area (Å²) in [6, 6.07) is 31.7. The summed E-state index contributed by atoms with van der Waals surface area (Å²) in [5.74, 6) is 1.24. The van der Waals surface area contributed by atoms with Crippen molar-refractivity contribution in [3.8, 4) is 84.3 Å². The fourth-order valence-corrected chi connectivity index (χ4v) is 10.4. The number of aromatic nitrogens is 4. The van der Waals surface area contributed by atoms with Gasteiger partial charge in [0.25, 0.3) is 6.33 Å². The van der Waals surface area contributed by atoms with E-state index in [0.717, 1.165) is 27.4 Å². The third-order valence-electron chi connectivity index (χ3n) is 14.8. The zero-order chi connectivity index (χ0) is 72.9. The van der Waals surface area contributed by atoms with Gasteiger partial charge in [-0.05, 0) is 142 Å². The first-order valence-electron chi connectivity index (χ1n) is 36.3. The normalized spacial score (nSPS) is 15.0. The van der Waals surface area contributed by atoms with Crippen molar-refractivity contribution in [3.63, 3.8) is 0 Å². The first kappa shape index (κ1) is 38.1. The van der Waals surface area contributed by atoms with Gasteiger partial charge in [0.2, 0.25) is 0 Å². The number of ether oxygens (including phenoxy) is 1. The van der Waals surface area contributed by atoms with Gasteiger partial charge in [-0.1, -0.05) is 225 Å². The first-order valence-corrected chi connectivity index (χ1v) is 27.3. The molecule has 416 valence electrons. The van der Waals surface area contributed by atoms with E-state index in [9.17, 15) is 12.3 Å². The smallest absolute Gasteiger partial charge is 0.268 e. The summed E-state index contributed by atoms with van der Waals surface area (Å²) in [6.07, 6.45) is 5.39. The van der Waals surface area contributed by atoms with Gasteiger partial charge >= 0.3 is 0 Å². The van der Waals surface area contributed by atoms with Gasteiger partial charge in [0.15, 0.2) is 0 Å². The molecule has 0 spiro atoms. The predicted molar refractivity (Wildman–Crippen MR) is 343 cm³/mol. The van der Waals surface area contributed by atoms with Crippen LogP contribution in [0.25, 0.3) is 106 Å². The second-order valence-electron chi connectivity index (χ2n) is 23.6. The first-order chi connectivity index (χ1) is 47.5. The molecule has 6 heteroatoms. The zero-order valence-corrected chi connectivity index (χ0v) is 49.9. The maximum absolute atomic E-state index is 10.5. The summed E-state index contributed by atoms with van der Waals surface area (Å²) in [5, 5.41) is 1.88. The minimum atomic E-state index is -0.816. The van der Waals surface area contributed by atoms with Crippen molar-refractivity contribution in [1.82, 2.24) is 14.1 Å². The molecule has 5 nitrogen and oxygen atoms in total. The molecule has 0 aliphatic heterocycles.